The molecule has 1 aliphatic carbocycles. The molecule has 10 heteroatoms. The molecule has 1 saturated heterocycles. The van der Waals surface area contributed by atoms with Gasteiger partial charge in [-0.25, -0.2) is 14.8 Å². The number of likely N-dealkylation sites (tertiary alicyclic amines) is 1. The molecule has 27 heavy (non-hydrogen) atoms. The summed E-state index contributed by atoms with van der Waals surface area (Å²) in [5.74, 6) is -0.0163. The van der Waals surface area contributed by atoms with Gasteiger partial charge in [-0.15, -0.1) is 11.3 Å². The van der Waals surface area contributed by atoms with Crippen LogP contribution in [0.4, 0.5) is 18.0 Å². The molecule has 1 fully saturated rings. The Labute approximate surface area is 158 Å². The molecule has 0 spiro atoms. The van der Waals surface area contributed by atoms with Gasteiger partial charge in [0.2, 0.25) is 0 Å². The van der Waals surface area contributed by atoms with Gasteiger partial charge in [0.05, 0.1) is 17.0 Å². The average molecular weight is 399 g/mol. The van der Waals surface area contributed by atoms with Crippen LogP contribution in [0.3, 0.4) is 0 Å². The zero-order chi connectivity index (χ0) is 19.0. The number of carbonyl (C=O) groups excluding carboxylic acids is 1. The van der Waals surface area contributed by atoms with E-state index in [1.807, 2.05) is 0 Å². The highest BCUT2D eigenvalue weighted by Crippen LogP contribution is 2.35. The summed E-state index contributed by atoms with van der Waals surface area (Å²) >= 11 is 1.06. The van der Waals surface area contributed by atoms with Gasteiger partial charge in [0, 0.05) is 42.5 Å². The second kappa shape index (κ2) is 7.14. The van der Waals surface area contributed by atoms with E-state index in [2.05, 4.69) is 20.3 Å². The van der Waals surface area contributed by atoms with E-state index in [0.29, 0.717) is 30.9 Å². The van der Waals surface area contributed by atoms with Crippen molar-refractivity contribution in [3.63, 3.8) is 0 Å². The lowest BCUT2D eigenvalue weighted by atomic mass is 9.96. The maximum absolute atomic E-state index is 12.7. The summed E-state index contributed by atoms with van der Waals surface area (Å²) < 4.78 is 38.1. The standard InChI is InChI=1S/C17H20F3N5OS/c18-17(19,20)14-8-27-15(24-14)10-3-5-25(6-4-10)16(26)23-11-1-2-12-13(7-11)22-9-21-12/h8-11H,1-7H2,(H,21,22)(H,23,26)/t11-/m0/s1. The smallest absolute Gasteiger partial charge is 0.348 e. The van der Waals surface area contributed by atoms with Gasteiger partial charge in [0.1, 0.15) is 0 Å². The molecule has 1 aliphatic heterocycles. The van der Waals surface area contributed by atoms with Crippen LogP contribution in [0.15, 0.2) is 11.7 Å². The lowest BCUT2D eigenvalue weighted by Crippen LogP contribution is -2.49. The SMILES string of the molecule is O=C(N[C@H]1CCc2nc[nH]c2C1)N1CCC(c2nc(C(F)(F)F)cs2)CC1. The molecule has 2 amide bonds. The molecule has 1 atom stereocenters. The van der Waals surface area contributed by atoms with Crippen molar-refractivity contribution >= 4 is 17.4 Å². The highest BCUT2D eigenvalue weighted by Gasteiger charge is 2.35. The molecule has 0 bridgehead atoms. The van der Waals surface area contributed by atoms with E-state index in [4.69, 9.17) is 0 Å². The molecule has 0 aromatic carbocycles. The first kappa shape index (κ1) is 18.3. The van der Waals surface area contributed by atoms with Crippen molar-refractivity contribution in [2.45, 2.75) is 50.2 Å². The average Bonchev–Trinajstić information content (AvgIpc) is 3.30. The van der Waals surface area contributed by atoms with Crippen molar-refractivity contribution in [1.82, 2.24) is 25.2 Å². The number of aromatic amines is 1. The minimum atomic E-state index is -4.40. The number of halogens is 3. The quantitative estimate of drug-likeness (QED) is 0.814. The van der Waals surface area contributed by atoms with E-state index in [9.17, 15) is 18.0 Å². The fraction of sp³-hybridized carbons (Fsp3) is 0.588. The number of carbonyl (C=O) groups is 1. The maximum atomic E-state index is 12.7. The summed E-state index contributed by atoms with van der Waals surface area (Å²) in [6.45, 7) is 1.05. The van der Waals surface area contributed by atoms with Gasteiger partial charge >= 0.3 is 12.2 Å². The molecule has 0 radical (unpaired) electrons. The summed E-state index contributed by atoms with van der Waals surface area (Å²) in [4.78, 5) is 25.4. The Bertz CT molecular complexity index is 810. The van der Waals surface area contributed by atoms with Crippen molar-refractivity contribution in [1.29, 1.82) is 0 Å². The first-order valence-electron chi connectivity index (χ1n) is 8.99. The van der Waals surface area contributed by atoms with Gasteiger partial charge < -0.3 is 15.2 Å². The number of aryl methyl sites for hydroxylation is 1. The van der Waals surface area contributed by atoms with Crippen molar-refractivity contribution < 1.29 is 18.0 Å². The summed E-state index contributed by atoms with van der Waals surface area (Å²) in [5.41, 5.74) is 1.33. The third kappa shape index (κ3) is 3.95. The number of piperidine rings is 1. The number of H-pyrrole nitrogens is 1. The molecule has 0 saturated carbocycles. The van der Waals surface area contributed by atoms with Crippen molar-refractivity contribution in [3.8, 4) is 0 Å². The minimum Gasteiger partial charge on any atom is -0.348 e. The van der Waals surface area contributed by atoms with Crippen LogP contribution in [0.2, 0.25) is 0 Å². The Morgan fingerprint density at radius 3 is 2.78 bits per heavy atom. The van der Waals surface area contributed by atoms with E-state index in [0.717, 1.165) is 47.4 Å². The third-order valence-electron chi connectivity index (χ3n) is 5.26. The Balaban J connectivity index is 1.29. The number of urea groups is 1. The van der Waals surface area contributed by atoms with E-state index >= 15 is 0 Å². The molecule has 0 unspecified atom stereocenters. The lowest BCUT2D eigenvalue weighted by Gasteiger charge is -2.33. The summed E-state index contributed by atoms with van der Waals surface area (Å²) in [6, 6.07) is -0.0204. The van der Waals surface area contributed by atoms with Crippen LogP contribution >= 0.6 is 11.3 Å². The highest BCUT2D eigenvalue weighted by atomic mass is 32.1. The molecular formula is C17H20F3N5OS. The van der Waals surface area contributed by atoms with Crippen LogP contribution in [0.5, 0.6) is 0 Å². The van der Waals surface area contributed by atoms with Gasteiger partial charge in [-0.3, -0.25) is 0 Å². The van der Waals surface area contributed by atoms with Gasteiger partial charge in [-0.1, -0.05) is 0 Å². The maximum Gasteiger partial charge on any atom is 0.434 e. The number of rotatable bonds is 2. The van der Waals surface area contributed by atoms with Crippen LogP contribution in [0.25, 0.3) is 0 Å². The van der Waals surface area contributed by atoms with E-state index < -0.39 is 11.9 Å². The number of thiazole rings is 1. The lowest BCUT2D eigenvalue weighted by molar-refractivity contribution is -0.140. The summed E-state index contributed by atoms with van der Waals surface area (Å²) in [6.07, 6.45) is 1.00. The molecule has 2 aromatic rings. The van der Waals surface area contributed by atoms with E-state index in [-0.39, 0.29) is 18.0 Å². The zero-order valence-electron chi connectivity index (χ0n) is 14.6. The number of hydrogen-bond donors (Lipinski definition) is 2. The largest absolute Gasteiger partial charge is 0.434 e. The molecule has 2 aliphatic rings. The number of nitrogens with one attached hydrogen (secondary N) is 2. The van der Waals surface area contributed by atoms with Gasteiger partial charge in [0.25, 0.3) is 0 Å². The Hall–Kier alpha value is -2.10. The monoisotopic (exact) mass is 399 g/mol. The van der Waals surface area contributed by atoms with Crippen molar-refractivity contribution in [2.75, 3.05) is 13.1 Å². The van der Waals surface area contributed by atoms with Crippen molar-refractivity contribution in [3.05, 3.63) is 33.8 Å². The molecule has 3 heterocycles. The topological polar surface area (TPSA) is 73.9 Å². The number of aromatic nitrogens is 3. The van der Waals surface area contributed by atoms with Crippen LogP contribution < -0.4 is 5.32 Å². The fourth-order valence-electron chi connectivity index (χ4n) is 3.72. The van der Waals surface area contributed by atoms with Gasteiger partial charge in [0.15, 0.2) is 5.69 Å². The predicted octanol–water partition coefficient (Wildman–Crippen LogP) is 3.33. The molecular weight excluding hydrogens is 379 g/mol. The second-order valence-electron chi connectivity index (χ2n) is 7.05. The molecule has 2 aromatic heterocycles. The van der Waals surface area contributed by atoms with Crippen molar-refractivity contribution in [2.24, 2.45) is 0 Å². The first-order valence-corrected chi connectivity index (χ1v) is 9.87. The number of amides is 2. The Morgan fingerprint density at radius 2 is 2.07 bits per heavy atom. The third-order valence-corrected chi connectivity index (χ3v) is 6.27. The van der Waals surface area contributed by atoms with Gasteiger partial charge in [-0.2, -0.15) is 13.2 Å². The first-order chi connectivity index (χ1) is 12.9. The molecule has 6 nitrogen and oxygen atoms in total. The van der Waals surface area contributed by atoms with Gasteiger partial charge in [-0.05, 0) is 25.7 Å². The Morgan fingerprint density at radius 1 is 1.30 bits per heavy atom. The Kier molecular flexibility index (Phi) is 4.83. The van der Waals surface area contributed by atoms with E-state index in [1.165, 1.54) is 0 Å². The molecule has 4 rings (SSSR count). The number of alkyl halides is 3. The highest BCUT2D eigenvalue weighted by molar-refractivity contribution is 7.09. The normalized spacial score (nSPS) is 21.1. The second-order valence-corrected chi connectivity index (χ2v) is 7.94. The van der Waals surface area contributed by atoms with Crippen LogP contribution in [0, 0.1) is 0 Å². The van der Waals surface area contributed by atoms with Crippen LogP contribution in [-0.2, 0) is 19.0 Å². The number of imidazole rings is 1. The molecule has 2 N–H and O–H groups in total. The number of fused-ring (bicyclic) bond motifs is 1. The number of hydrogen-bond acceptors (Lipinski definition) is 4. The zero-order valence-corrected chi connectivity index (χ0v) is 15.4. The summed E-state index contributed by atoms with van der Waals surface area (Å²) in [7, 11) is 0. The molecule has 146 valence electrons. The number of nitrogens with zero attached hydrogens (tertiary/aromatic N) is 3. The predicted molar refractivity (Wildman–Crippen MR) is 93.6 cm³/mol. The summed E-state index contributed by atoms with van der Waals surface area (Å²) in [5, 5.41) is 4.66. The van der Waals surface area contributed by atoms with E-state index in [1.54, 1.807) is 11.2 Å². The van der Waals surface area contributed by atoms with Crippen LogP contribution in [0.1, 0.15) is 47.3 Å². The fourth-order valence-corrected chi connectivity index (χ4v) is 4.72. The van der Waals surface area contributed by atoms with Crippen LogP contribution in [-0.4, -0.2) is 45.0 Å². The minimum absolute atomic E-state index is 0.0163.